The number of nitrogens with zero attached hydrogens (tertiary/aromatic N) is 1. The average Bonchev–Trinajstić information content (AvgIpc) is 2.53. The molecule has 0 bridgehead atoms. The molecule has 0 atom stereocenters. The van der Waals surface area contributed by atoms with Crippen LogP contribution in [0.4, 0.5) is 10.1 Å². The van der Waals surface area contributed by atoms with Crippen molar-refractivity contribution in [2.24, 2.45) is 0 Å². The molecule has 0 fully saturated rings. The molecule has 0 aromatic heterocycles. The van der Waals surface area contributed by atoms with Crippen LogP contribution in [0, 0.1) is 15.9 Å². The summed E-state index contributed by atoms with van der Waals surface area (Å²) in [7, 11) is -2.79. The summed E-state index contributed by atoms with van der Waals surface area (Å²) in [6.07, 6.45) is 0. The van der Waals surface area contributed by atoms with Crippen LogP contribution in [0.1, 0.15) is 5.56 Å². The fraction of sp³-hybridized carbons (Fsp3) is 0.143. The SMILES string of the molecule is COc1ccc(S(=O)(=O)NCc2ccc(F)cc2)c([N+](=O)[O-])c1. The van der Waals surface area contributed by atoms with Crippen molar-refractivity contribution in [2.45, 2.75) is 11.4 Å². The molecule has 0 saturated carbocycles. The van der Waals surface area contributed by atoms with Gasteiger partial charge in [-0.1, -0.05) is 12.1 Å². The highest BCUT2D eigenvalue weighted by atomic mass is 32.2. The zero-order valence-corrected chi connectivity index (χ0v) is 12.8. The van der Waals surface area contributed by atoms with E-state index in [9.17, 15) is 22.9 Å². The lowest BCUT2D eigenvalue weighted by atomic mass is 10.2. The molecule has 0 aliphatic rings. The Morgan fingerprint density at radius 3 is 2.43 bits per heavy atom. The van der Waals surface area contributed by atoms with Crippen LogP contribution in [0.25, 0.3) is 0 Å². The van der Waals surface area contributed by atoms with Gasteiger partial charge >= 0.3 is 0 Å². The summed E-state index contributed by atoms with van der Waals surface area (Å²) in [4.78, 5) is 9.80. The van der Waals surface area contributed by atoms with Gasteiger partial charge in [0.2, 0.25) is 10.0 Å². The van der Waals surface area contributed by atoms with E-state index < -0.39 is 31.3 Å². The van der Waals surface area contributed by atoms with E-state index in [1.54, 1.807) is 0 Å². The number of nitro benzene ring substituents is 1. The predicted molar refractivity (Wildman–Crippen MR) is 80.1 cm³/mol. The number of hydrogen-bond acceptors (Lipinski definition) is 5. The van der Waals surface area contributed by atoms with Gasteiger partial charge in [-0.05, 0) is 29.8 Å². The Bertz CT molecular complexity index is 822. The van der Waals surface area contributed by atoms with E-state index in [1.807, 2.05) is 0 Å². The number of hydrogen-bond donors (Lipinski definition) is 1. The van der Waals surface area contributed by atoms with E-state index >= 15 is 0 Å². The van der Waals surface area contributed by atoms with Crippen molar-refractivity contribution in [3.05, 3.63) is 64.0 Å². The topological polar surface area (TPSA) is 98.5 Å². The number of methoxy groups -OCH3 is 1. The molecule has 9 heteroatoms. The minimum atomic E-state index is -4.11. The number of ether oxygens (including phenoxy) is 1. The summed E-state index contributed by atoms with van der Waals surface area (Å²) < 4.78 is 44.5. The maximum Gasteiger partial charge on any atom is 0.293 e. The van der Waals surface area contributed by atoms with Crippen molar-refractivity contribution in [2.75, 3.05) is 7.11 Å². The molecule has 0 radical (unpaired) electrons. The summed E-state index contributed by atoms with van der Waals surface area (Å²) in [6.45, 7) is -0.119. The van der Waals surface area contributed by atoms with Gasteiger partial charge in [-0.3, -0.25) is 10.1 Å². The van der Waals surface area contributed by atoms with Crippen molar-refractivity contribution in [1.29, 1.82) is 0 Å². The van der Waals surface area contributed by atoms with Gasteiger partial charge in [0.1, 0.15) is 11.6 Å². The molecule has 0 heterocycles. The van der Waals surface area contributed by atoms with Crippen LogP contribution in [0.5, 0.6) is 5.75 Å². The van der Waals surface area contributed by atoms with Crippen LogP contribution in [-0.2, 0) is 16.6 Å². The zero-order chi connectivity index (χ0) is 17.0. The summed E-state index contributed by atoms with van der Waals surface area (Å²) in [5.74, 6) is -0.267. The first-order chi connectivity index (χ1) is 10.8. The monoisotopic (exact) mass is 340 g/mol. The van der Waals surface area contributed by atoms with Crippen LogP contribution >= 0.6 is 0 Å². The van der Waals surface area contributed by atoms with Crippen molar-refractivity contribution < 1.29 is 22.5 Å². The van der Waals surface area contributed by atoms with Crippen LogP contribution in [-0.4, -0.2) is 20.5 Å². The van der Waals surface area contributed by atoms with E-state index in [4.69, 9.17) is 4.74 Å². The van der Waals surface area contributed by atoms with Crippen molar-refractivity contribution in [1.82, 2.24) is 4.72 Å². The summed E-state index contributed by atoms with van der Waals surface area (Å²) in [5, 5.41) is 11.1. The molecule has 2 rings (SSSR count). The summed E-state index contributed by atoms with van der Waals surface area (Å²) in [6, 6.07) is 8.68. The number of benzene rings is 2. The average molecular weight is 340 g/mol. The number of rotatable bonds is 6. The van der Waals surface area contributed by atoms with Crippen molar-refractivity contribution in [3.8, 4) is 5.75 Å². The first-order valence-electron chi connectivity index (χ1n) is 6.40. The molecule has 0 spiro atoms. The van der Waals surface area contributed by atoms with Crippen LogP contribution in [0.15, 0.2) is 47.4 Å². The van der Waals surface area contributed by atoms with E-state index in [0.29, 0.717) is 5.56 Å². The zero-order valence-electron chi connectivity index (χ0n) is 12.0. The summed E-state index contributed by atoms with van der Waals surface area (Å²) in [5.41, 5.74) is -0.0675. The van der Waals surface area contributed by atoms with Gasteiger partial charge in [-0.2, -0.15) is 0 Å². The minimum Gasteiger partial charge on any atom is -0.497 e. The van der Waals surface area contributed by atoms with E-state index in [1.165, 1.54) is 37.4 Å². The number of sulfonamides is 1. The molecule has 7 nitrogen and oxygen atoms in total. The lowest BCUT2D eigenvalue weighted by Gasteiger charge is -2.08. The fourth-order valence-electron chi connectivity index (χ4n) is 1.85. The molecule has 0 saturated heterocycles. The molecule has 0 aliphatic carbocycles. The first-order valence-corrected chi connectivity index (χ1v) is 7.88. The molecule has 0 amide bonds. The van der Waals surface area contributed by atoms with Gasteiger partial charge in [0, 0.05) is 6.54 Å². The smallest absolute Gasteiger partial charge is 0.293 e. The van der Waals surface area contributed by atoms with E-state index in [-0.39, 0.29) is 12.3 Å². The molecule has 1 N–H and O–H groups in total. The Balaban J connectivity index is 2.28. The number of nitro groups is 1. The highest BCUT2D eigenvalue weighted by Gasteiger charge is 2.26. The summed E-state index contributed by atoms with van der Waals surface area (Å²) >= 11 is 0. The van der Waals surface area contributed by atoms with Gasteiger partial charge in [-0.15, -0.1) is 0 Å². The normalized spacial score (nSPS) is 11.2. The third-order valence-corrected chi connectivity index (χ3v) is 4.48. The van der Waals surface area contributed by atoms with Crippen LogP contribution in [0.3, 0.4) is 0 Å². The Labute approximate surface area is 131 Å². The van der Waals surface area contributed by atoms with Crippen LogP contribution < -0.4 is 9.46 Å². The second-order valence-electron chi connectivity index (χ2n) is 4.54. The molecular formula is C14H13FN2O5S. The molecule has 2 aromatic rings. The highest BCUT2D eigenvalue weighted by Crippen LogP contribution is 2.28. The van der Waals surface area contributed by atoms with Gasteiger partial charge < -0.3 is 4.74 Å². The fourth-order valence-corrected chi connectivity index (χ4v) is 3.02. The van der Waals surface area contributed by atoms with Gasteiger partial charge in [0.15, 0.2) is 4.90 Å². The Morgan fingerprint density at radius 2 is 1.87 bits per heavy atom. The maximum absolute atomic E-state index is 12.8. The van der Waals surface area contributed by atoms with Gasteiger partial charge in [0.05, 0.1) is 18.1 Å². The number of halogens is 1. The third kappa shape index (κ3) is 4.02. The molecular weight excluding hydrogens is 327 g/mol. The molecule has 122 valence electrons. The second kappa shape index (κ2) is 6.71. The Hall–Kier alpha value is -2.52. The van der Waals surface area contributed by atoms with E-state index in [2.05, 4.69) is 4.72 Å². The molecule has 2 aromatic carbocycles. The Kier molecular flexibility index (Phi) is 4.92. The quantitative estimate of drug-likeness (QED) is 0.642. The van der Waals surface area contributed by atoms with Gasteiger partial charge in [-0.25, -0.2) is 17.5 Å². The predicted octanol–water partition coefficient (Wildman–Crippen LogP) is 2.22. The van der Waals surface area contributed by atoms with Crippen molar-refractivity contribution in [3.63, 3.8) is 0 Å². The second-order valence-corrected chi connectivity index (χ2v) is 6.28. The van der Waals surface area contributed by atoms with E-state index in [0.717, 1.165) is 12.1 Å². The maximum atomic E-state index is 12.8. The first kappa shape index (κ1) is 16.8. The standard InChI is InChI=1S/C14H13FN2O5S/c1-22-12-6-7-14(13(8-12)17(18)19)23(20,21)16-9-10-2-4-11(15)5-3-10/h2-8,16H,9H2,1H3. The highest BCUT2D eigenvalue weighted by molar-refractivity contribution is 7.89. The molecule has 23 heavy (non-hydrogen) atoms. The Morgan fingerprint density at radius 1 is 1.22 bits per heavy atom. The number of nitrogens with one attached hydrogen (secondary N) is 1. The lowest BCUT2D eigenvalue weighted by Crippen LogP contribution is -2.24. The molecule has 0 aliphatic heterocycles. The third-order valence-electron chi connectivity index (χ3n) is 3.03. The van der Waals surface area contributed by atoms with Crippen LogP contribution in [0.2, 0.25) is 0 Å². The van der Waals surface area contributed by atoms with Crippen molar-refractivity contribution >= 4 is 15.7 Å². The minimum absolute atomic E-state index is 0.119. The lowest BCUT2D eigenvalue weighted by molar-refractivity contribution is -0.387. The molecule has 0 unspecified atom stereocenters. The largest absolute Gasteiger partial charge is 0.497 e. The van der Waals surface area contributed by atoms with Gasteiger partial charge in [0.25, 0.3) is 5.69 Å².